The Labute approximate surface area is 122 Å². The van der Waals surface area contributed by atoms with Crippen LogP contribution in [-0.2, 0) is 11.2 Å². The van der Waals surface area contributed by atoms with E-state index in [4.69, 9.17) is 0 Å². The molecular formula is C18H14O3. The Bertz CT molecular complexity index is 739. The number of Topliss-reactive ketones (excluding diaryl/α,β-unsaturated/α-hetero) is 1. The standard InChI is InChI=1S/C18H14O3/c1-21-18(20)13-8-6-12(7-9-13)10-15-11-14-4-2-3-5-16(14)17(15)19/h2-10H,11H2,1H3/b15-10-. The van der Waals surface area contributed by atoms with E-state index >= 15 is 0 Å². The number of hydrogen-bond donors (Lipinski definition) is 0. The lowest BCUT2D eigenvalue weighted by Gasteiger charge is -2.00. The summed E-state index contributed by atoms with van der Waals surface area (Å²) in [6.45, 7) is 0. The van der Waals surface area contributed by atoms with Crippen LogP contribution >= 0.6 is 0 Å². The van der Waals surface area contributed by atoms with E-state index in [0.29, 0.717) is 12.0 Å². The summed E-state index contributed by atoms with van der Waals surface area (Å²) >= 11 is 0. The third-order valence-electron chi connectivity index (χ3n) is 3.61. The number of hydrogen-bond acceptors (Lipinski definition) is 3. The van der Waals surface area contributed by atoms with Gasteiger partial charge in [0.25, 0.3) is 0 Å². The molecule has 1 aliphatic carbocycles. The zero-order chi connectivity index (χ0) is 14.8. The molecule has 2 aromatic carbocycles. The highest BCUT2D eigenvalue weighted by Crippen LogP contribution is 2.27. The summed E-state index contributed by atoms with van der Waals surface area (Å²) in [6.07, 6.45) is 2.54. The first-order valence-corrected chi connectivity index (χ1v) is 6.70. The number of benzene rings is 2. The van der Waals surface area contributed by atoms with Crippen molar-refractivity contribution in [3.63, 3.8) is 0 Å². The minimum Gasteiger partial charge on any atom is -0.465 e. The maximum Gasteiger partial charge on any atom is 0.337 e. The molecule has 1 aliphatic rings. The van der Waals surface area contributed by atoms with Crippen molar-refractivity contribution in [2.24, 2.45) is 0 Å². The summed E-state index contributed by atoms with van der Waals surface area (Å²) in [7, 11) is 1.35. The zero-order valence-electron chi connectivity index (χ0n) is 11.6. The fourth-order valence-electron chi connectivity index (χ4n) is 2.51. The summed E-state index contributed by atoms with van der Waals surface area (Å²) in [5.41, 5.74) is 4.04. The molecular weight excluding hydrogens is 264 g/mol. The molecule has 0 bridgehead atoms. The Balaban J connectivity index is 1.87. The zero-order valence-corrected chi connectivity index (χ0v) is 11.6. The Kier molecular flexibility index (Phi) is 3.40. The maximum absolute atomic E-state index is 12.3. The van der Waals surface area contributed by atoms with Crippen LogP contribution in [0.2, 0.25) is 0 Å². The Morgan fingerprint density at radius 2 is 1.81 bits per heavy atom. The summed E-state index contributed by atoms with van der Waals surface area (Å²) in [4.78, 5) is 23.7. The molecule has 0 N–H and O–H groups in total. The van der Waals surface area contributed by atoms with Crippen LogP contribution in [0.5, 0.6) is 0 Å². The van der Waals surface area contributed by atoms with Gasteiger partial charge in [-0.15, -0.1) is 0 Å². The summed E-state index contributed by atoms with van der Waals surface area (Å²) < 4.78 is 4.66. The van der Waals surface area contributed by atoms with E-state index in [2.05, 4.69) is 4.74 Å². The van der Waals surface area contributed by atoms with Gasteiger partial charge in [0.1, 0.15) is 0 Å². The van der Waals surface area contributed by atoms with Gasteiger partial charge in [0.2, 0.25) is 0 Å². The first kappa shape index (κ1) is 13.3. The number of ether oxygens (including phenoxy) is 1. The maximum atomic E-state index is 12.3. The Hall–Kier alpha value is -2.68. The fraction of sp³-hybridized carbons (Fsp3) is 0.111. The second-order valence-corrected chi connectivity index (χ2v) is 4.95. The van der Waals surface area contributed by atoms with Crippen molar-refractivity contribution in [2.75, 3.05) is 7.11 Å². The fourth-order valence-corrected chi connectivity index (χ4v) is 2.51. The lowest BCUT2D eigenvalue weighted by Crippen LogP contribution is -2.00. The number of rotatable bonds is 2. The van der Waals surface area contributed by atoms with E-state index in [1.54, 1.807) is 12.1 Å². The van der Waals surface area contributed by atoms with Crippen LogP contribution in [0.3, 0.4) is 0 Å². The van der Waals surface area contributed by atoms with E-state index in [1.165, 1.54) is 7.11 Å². The van der Waals surface area contributed by atoms with Crippen molar-refractivity contribution in [2.45, 2.75) is 6.42 Å². The number of esters is 1. The van der Waals surface area contributed by atoms with E-state index < -0.39 is 0 Å². The third kappa shape index (κ3) is 2.50. The van der Waals surface area contributed by atoms with Crippen LogP contribution in [0.4, 0.5) is 0 Å². The van der Waals surface area contributed by atoms with E-state index in [1.807, 2.05) is 42.5 Å². The first-order valence-electron chi connectivity index (χ1n) is 6.70. The molecule has 104 valence electrons. The Morgan fingerprint density at radius 3 is 2.48 bits per heavy atom. The number of methoxy groups -OCH3 is 1. The second kappa shape index (κ2) is 5.37. The van der Waals surface area contributed by atoms with Crippen LogP contribution in [0.15, 0.2) is 54.1 Å². The van der Waals surface area contributed by atoms with Gasteiger partial charge in [-0.3, -0.25) is 4.79 Å². The van der Waals surface area contributed by atoms with Gasteiger partial charge in [-0.25, -0.2) is 4.79 Å². The average Bonchev–Trinajstić information content (AvgIpc) is 2.84. The van der Waals surface area contributed by atoms with Crippen molar-refractivity contribution in [1.82, 2.24) is 0 Å². The molecule has 0 amide bonds. The third-order valence-corrected chi connectivity index (χ3v) is 3.61. The van der Waals surface area contributed by atoms with Gasteiger partial charge >= 0.3 is 5.97 Å². The number of ketones is 1. The van der Waals surface area contributed by atoms with Crippen LogP contribution in [-0.4, -0.2) is 18.9 Å². The van der Waals surface area contributed by atoms with E-state index in [9.17, 15) is 9.59 Å². The van der Waals surface area contributed by atoms with Crippen molar-refractivity contribution < 1.29 is 14.3 Å². The van der Waals surface area contributed by atoms with E-state index in [-0.39, 0.29) is 11.8 Å². The van der Waals surface area contributed by atoms with Gasteiger partial charge in [-0.1, -0.05) is 36.4 Å². The highest BCUT2D eigenvalue weighted by molar-refractivity contribution is 6.15. The summed E-state index contributed by atoms with van der Waals surface area (Å²) in [5.74, 6) is -0.277. The average molecular weight is 278 g/mol. The van der Waals surface area contributed by atoms with Crippen molar-refractivity contribution in [3.8, 4) is 0 Å². The van der Waals surface area contributed by atoms with Crippen LogP contribution in [0.1, 0.15) is 31.8 Å². The molecule has 0 radical (unpaired) electrons. The molecule has 0 spiro atoms. The van der Waals surface area contributed by atoms with Gasteiger partial charge in [0.15, 0.2) is 5.78 Å². The summed E-state index contributed by atoms with van der Waals surface area (Å²) in [6, 6.07) is 14.7. The van der Waals surface area contributed by atoms with Crippen LogP contribution in [0.25, 0.3) is 6.08 Å². The molecule has 3 rings (SSSR count). The molecule has 0 unspecified atom stereocenters. The second-order valence-electron chi connectivity index (χ2n) is 4.95. The molecule has 21 heavy (non-hydrogen) atoms. The molecule has 0 aliphatic heterocycles. The monoisotopic (exact) mass is 278 g/mol. The molecule has 0 saturated heterocycles. The van der Waals surface area contributed by atoms with Gasteiger partial charge < -0.3 is 4.74 Å². The number of carbonyl (C=O) groups is 2. The molecule has 0 heterocycles. The molecule has 3 nitrogen and oxygen atoms in total. The van der Waals surface area contributed by atoms with Gasteiger partial charge in [0.05, 0.1) is 12.7 Å². The molecule has 0 saturated carbocycles. The van der Waals surface area contributed by atoms with Crippen LogP contribution in [0, 0.1) is 0 Å². The normalized spacial score (nSPS) is 15.1. The molecule has 3 heteroatoms. The van der Waals surface area contributed by atoms with Gasteiger partial charge in [-0.2, -0.15) is 0 Å². The molecule has 0 aromatic heterocycles. The smallest absolute Gasteiger partial charge is 0.337 e. The lowest BCUT2D eigenvalue weighted by atomic mass is 10.1. The first-order chi connectivity index (χ1) is 10.2. The lowest BCUT2D eigenvalue weighted by molar-refractivity contribution is 0.0600. The topological polar surface area (TPSA) is 43.4 Å². The van der Waals surface area contributed by atoms with E-state index in [0.717, 1.165) is 22.3 Å². The minimum atomic E-state index is -0.362. The van der Waals surface area contributed by atoms with Crippen molar-refractivity contribution in [1.29, 1.82) is 0 Å². The van der Waals surface area contributed by atoms with Crippen molar-refractivity contribution in [3.05, 3.63) is 76.4 Å². The molecule has 2 aromatic rings. The molecule has 0 atom stereocenters. The number of carbonyl (C=O) groups excluding carboxylic acids is 2. The Morgan fingerprint density at radius 1 is 1.10 bits per heavy atom. The number of allylic oxidation sites excluding steroid dienone is 1. The van der Waals surface area contributed by atoms with Crippen LogP contribution < -0.4 is 0 Å². The highest BCUT2D eigenvalue weighted by Gasteiger charge is 2.23. The highest BCUT2D eigenvalue weighted by atomic mass is 16.5. The van der Waals surface area contributed by atoms with Gasteiger partial charge in [-0.05, 0) is 29.3 Å². The quantitative estimate of drug-likeness (QED) is 0.625. The minimum absolute atomic E-state index is 0.0858. The van der Waals surface area contributed by atoms with Crippen molar-refractivity contribution >= 4 is 17.8 Å². The predicted octanol–water partition coefficient (Wildman–Crippen LogP) is 3.30. The summed E-state index contributed by atoms with van der Waals surface area (Å²) in [5, 5.41) is 0. The largest absolute Gasteiger partial charge is 0.465 e. The predicted molar refractivity (Wildman–Crippen MR) is 80.2 cm³/mol. The molecule has 0 fully saturated rings. The SMILES string of the molecule is COC(=O)c1ccc(/C=C2/Cc3ccccc3C2=O)cc1. The van der Waals surface area contributed by atoms with Gasteiger partial charge in [0, 0.05) is 17.6 Å². The number of fused-ring (bicyclic) bond motifs is 1.